The van der Waals surface area contributed by atoms with Gasteiger partial charge in [0, 0.05) is 0 Å². The smallest absolute Gasteiger partial charge is 0.162 e. The van der Waals surface area contributed by atoms with Crippen molar-refractivity contribution in [1.29, 1.82) is 10.5 Å². The van der Waals surface area contributed by atoms with Gasteiger partial charge in [-0.3, -0.25) is 0 Å². The Bertz CT molecular complexity index is 801. The van der Waals surface area contributed by atoms with Gasteiger partial charge in [0.05, 0.1) is 7.11 Å². The lowest BCUT2D eigenvalue weighted by Gasteiger charge is -2.11. The van der Waals surface area contributed by atoms with E-state index in [1.54, 1.807) is 42.5 Å². The monoisotopic (exact) mass is 308 g/mol. The Labute approximate surface area is 133 Å². The van der Waals surface area contributed by atoms with Crippen molar-refractivity contribution in [3.05, 3.63) is 65.0 Å². The molecule has 2 aromatic rings. The van der Waals surface area contributed by atoms with Gasteiger partial charge in [0.15, 0.2) is 11.5 Å². The lowest BCUT2D eigenvalue weighted by Crippen LogP contribution is -1.98. The summed E-state index contributed by atoms with van der Waals surface area (Å²) in [6.45, 7) is 0.171. The first-order chi connectivity index (χ1) is 11.2. The van der Waals surface area contributed by atoms with Crippen molar-refractivity contribution >= 4 is 6.08 Å². The molecule has 5 heteroatoms. The molecule has 0 atom stereocenters. The molecule has 0 N–H and O–H groups in total. The molecule has 0 saturated heterocycles. The third kappa shape index (κ3) is 4.33. The molecule has 0 spiro atoms. The first kappa shape index (κ1) is 16.1. The molecular formula is C18H13FN2O2. The van der Waals surface area contributed by atoms with Crippen molar-refractivity contribution in [1.82, 2.24) is 0 Å². The van der Waals surface area contributed by atoms with Crippen molar-refractivity contribution < 1.29 is 13.9 Å². The Hall–Kier alpha value is -3.31. The summed E-state index contributed by atoms with van der Waals surface area (Å²) in [5.41, 5.74) is 1.31. The molecule has 2 aromatic carbocycles. The number of benzene rings is 2. The maximum absolute atomic E-state index is 13.2. The Morgan fingerprint density at radius 1 is 1.13 bits per heavy atom. The highest BCUT2D eigenvalue weighted by Crippen LogP contribution is 2.29. The van der Waals surface area contributed by atoms with Crippen molar-refractivity contribution in [2.45, 2.75) is 6.61 Å². The van der Waals surface area contributed by atoms with Crippen LogP contribution < -0.4 is 9.47 Å². The first-order valence-corrected chi connectivity index (χ1v) is 6.73. The fraction of sp³-hybridized carbons (Fsp3) is 0.111. The molecule has 114 valence electrons. The molecule has 0 aliphatic rings. The number of rotatable bonds is 5. The van der Waals surface area contributed by atoms with E-state index >= 15 is 0 Å². The van der Waals surface area contributed by atoms with E-state index in [-0.39, 0.29) is 18.0 Å². The number of halogens is 1. The van der Waals surface area contributed by atoms with Crippen LogP contribution in [0.15, 0.2) is 48.0 Å². The van der Waals surface area contributed by atoms with Gasteiger partial charge in [-0.2, -0.15) is 10.5 Å². The van der Waals surface area contributed by atoms with Crippen LogP contribution in [0.4, 0.5) is 4.39 Å². The predicted octanol–water partition coefficient (Wildman–Crippen LogP) is 3.84. The minimum atomic E-state index is -0.331. The molecule has 0 amide bonds. The molecule has 0 saturated carbocycles. The molecule has 0 bridgehead atoms. The summed E-state index contributed by atoms with van der Waals surface area (Å²) in [7, 11) is 1.51. The van der Waals surface area contributed by atoms with Crippen LogP contribution >= 0.6 is 0 Å². The van der Waals surface area contributed by atoms with Gasteiger partial charge in [-0.25, -0.2) is 4.39 Å². The van der Waals surface area contributed by atoms with Gasteiger partial charge in [0.1, 0.15) is 30.1 Å². The summed E-state index contributed by atoms with van der Waals surface area (Å²) in [5.74, 6) is 0.622. The zero-order valence-electron chi connectivity index (χ0n) is 12.4. The SMILES string of the molecule is COc1ccc(C=C(C#N)C#N)cc1OCc1cccc(F)c1. The van der Waals surface area contributed by atoms with E-state index in [1.165, 1.54) is 25.3 Å². The van der Waals surface area contributed by atoms with Crippen LogP contribution in [-0.2, 0) is 6.61 Å². The third-order valence-corrected chi connectivity index (χ3v) is 3.02. The van der Waals surface area contributed by atoms with Crippen LogP contribution in [0.3, 0.4) is 0 Å². The summed E-state index contributed by atoms with van der Waals surface area (Å²) in [5, 5.41) is 17.6. The second kappa shape index (κ2) is 7.63. The molecule has 0 fully saturated rings. The largest absolute Gasteiger partial charge is 0.493 e. The van der Waals surface area contributed by atoms with Crippen molar-refractivity contribution in [3.8, 4) is 23.6 Å². The fourth-order valence-electron chi connectivity index (χ4n) is 1.94. The molecule has 2 rings (SSSR count). The second-order valence-electron chi connectivity index (χ2n) is 4.61. The number of ether oxygens (including phenoxy) is 2. The van der Waals surface area contributed by atoms with Crippen LogP contribution in [-0.4, -0.2) is 7.11 Å². The fourth-order valence-corrected chi connectivity index (χ4v) is 1.94. The van der Waals surface area contributed by atoms with E-state index in [0.717, 1.165) is 0 Å². The maximum atomic E-state index is 13.2. The topological polar surface area (TPSA) is 66.0 Å². The number of hydrogen-bond acceptors (Lipinski definition) is 4. The number of nitriles is 2. The highest BCUT2D eigenvalue weighted by atomic mass is 19.1. The zero-order valence-corrected chi connectivity index (χ0v) is 12.4. The zero-order chi connectivity index (χ0) is 16.7. The van der Waals surface area contributed by atoms with E-state index in [9.17, 15) is 4.39 Å². The highest BCUT2D eigenvalue weighted by molar-refractivity contribution is 5.64. The quantitative estimate of drug-likeness (QED) is 0.787. The van der Waals surface area contributed by atoms with E-state index in [4.69, 9.17) is 20.0 Å². The average Bonchev–Trinajstić information content (AvgIpc) is 2.58. The minimum absolute atomic E-state index is 0.00810. The first-order valence-electron chi connectivity index (χ1n) is 6.73. The van der Waals surface area contributed by atoms with Crippen LogP contribution in [0.25, 0.3) is 6.08 Å². The molecule has 0 aliphatic carbocycles. The Morgan fingerprint density at radius 3 is 2.57 bits per heavy atom. The van der Waals surface area contributed by atoms with E-state index in [1.807, 2.05) is 0 Å². The number of hydrogen-bond donors (Lipinski definition) is 0. The third-order valence-electron chi connectivity index (χ3n) is 3.02. The van der Waals surface area contributed by atoms with Gasteiger partial charge < -0.3 is 9.47 Å². The summed E-state index contributed by atoms with van der Waals surface area (Å²) >= 11 is 0. The summed E-state index contributed by atoms with van der Waals surface area (Å²) in [4.78, 5) is 0. The van der Waals surface area contributed by atoms with Gasteiger partial charge >= 0.3 is 0 Å². The van der Waals surface area contributed by atoms with Gasteiger partial charge in [0.2, 0.25) is 0 Å². The summed E-state index contributed by atoms with van der Waals surface area (Å²) in [6.07, 6.45) is 1.45. The standard InChI is InChI=1S/C18H13FN2O2/c1-22-17-6-5-13(7-15(10-20)11-21)9-18(17)23-12-14-3-2-4-16(19)8-14/h2-9H,12H2,1H3. The molecule has 4 nitrogen and oxygen atoms in total. The van der Waals surface area contributed by atoms with Gasteiger partial charge in [-0.15, -0.1) is 0 Å². The predicted molar refractivity (Wildman–Crippen MR) is 82.9 cm³/mol. The van der Waals surface area contributed by atoms with Gasteiger partial charge in [0.25, 0.3) is 0 Å². The molecule has 0 aromatic heterocycles. The van der Waals surface area contributed by atoms with Gasteiger partial charge in [-0.05, 0) is 41.5 Å². The molecule has 0 unspecified atom stereocenters. The van der Waals surface area contributed by atoms with Crippen LogP contribution in [0.5, 0.6) is 11.5 Å². The normalized spacial score (nSPS) is 9.39. The molecule has 0 aliphatic heterocycles. The molecule has 0 radical (unpaired) electrons. The van der Waals surface area contributed by atoms with E-state index < -0.39 is 0 Å². The second-order valence-corrected chi connectivity index (χ2v) is 4.61. The number of nitrogens with zero attached hydrogens (tertiary/aromatic N) is 2. The van der Waals surface area contributed by atoms with Crippen molar-refractivity contribution in [3.63, 3.8) is 0 Å². The summed E-state index contributed by atoms with van der Waals surface area (Å²) < 4.78 is 24.1. The Kier molecular flexibility index (Phi) is 5.33. The molecule has 0 heterocycles. The average molecular weight is 308 g/mol. The lowest BCUT2D eigenvalue weighted by atomic mass is 10.1. The van der Waals surface area contributed by atoms with E-state index in [2.05, 4.69) is 0 Å². The molecular weight excluding hydrogens is 295 g/mol. The highest BCUT2D eigenvalue weighted by Gasteiger charge is 2.07. The van der Waals surface area contributed by atoms with Crippen molar-refractivity contribution in [2.75, 3.05) is 7.11 Å². The van der Waals surface area contributed by atoms with Gasteiger partial charge in [-0.1, -0.05) is 18.2 Å². The van der Waals surface area contributed by atoms with Crippen LogP contribution in [0, 0.1) is 28.5 Å². The number of allylic oxidation sites excluding steroid dienone is 1. The Morgan fingerprint density at radius 2 is 1.91 bits per heavy atom. The van der Waals surface area contributed by atoms with Crippen LogP contribution in [0.1, 0.15) is 11.1 Å². The van der Waals surface area contributed by atoms with Crippen LogP contribution in [0.2, 0.25) is 0 Å². The lowest BCUT2D eigenvalue weighted by molar-refractivity contribution is 0.284. The maximum Gasteiger partial charge on any atom is 0.162 e. The molecule has 23 heavy (non-hydrogen) atoms. The number of methoxy groups -OCH3 is 1. The van der Waals surface area contributed by atoms with Crippen molar-refractivity contribution in [2.24, 2.45) is 0 Å². The Balaban J connectivity index is 2.24. The minimum Gasteiger partial charge on any atom is -0.493 e. The van der Waals surface area contributed by atoms with E-state index in [0.29, 0.717) is 22.6 Å². The summed E-state index contributed by atoms with van der Waals surface area (Å²) in [6, 6.07) is 14.8.